The largest absolute Gasteiger partial charge is 0.459 e. The van der Waals surface area contributed by atoms with Gasteiger partial charge in [-0.05, 0) is 17.5 Å². The highest BCUT2D eigenvalue weighted by Gasteiger charge is 2.31. The van der Waals surface area contributed by atoms with Gasteiger partial charge in [0.25, 0.3) is 0 Å². The molecule has 1 atom stereocenters. The minimum Gasteiger partial charge on any atom is -0.459 e. The molecule has 116 valence electrons. The first kappa shape index (κ1) is 13.3. The van der Waals surface area contributed by atoms with E-state index >= 15 is 0 Å². The molecule has 24 heavy (non-hydrogen) atoms. The SMILES string of the molecule is O=c1oc2ccccc2c2c1-c1ccc3ccccc3c1O[C@H]2O. The average Bonchev–Trinajstić information content (AvgIpc) is 2.61. The van der Waals surface area contributed by atoms with E-state index in [1.807, 2.05) is 48.5 Å². The van der Waals surface area contributed by atoms with Gasteiger partial charge in [-0.2, -0.15) is 0 Å². The van der Waals surface area contributed by atoms with Crippen LogP contribution in [0.1, 0.15) is 11.9 Å². The predicted molar refractivity (Wildman–Crippen MR) is 91.0 cm³/mol. The van der Waals surface area contributed by atoms with Crippen molar-refractivity contribution in [3.05, 3.63) is 76.6 Å². The molecule has 0 saturated heterocycles. The van der Waals surface area contributed by atoms with Gasteiger partial charge >= 0.3 is 5.63 Å². The number of hydrogen-bond donors (Lipinski definition) is 1. The Labute approximate surface area is 136 Å². The van der Waals surface area contributed by atoms with Gasteiger partial charge in [0.1, 0.15) is 11.3 Å². The summed E-state index contributed by atoms with van der Waals surface area (Å²) in [4.78, 5) is 12.6. The topological polar surface area (TPSA) is 59.7 Å². The smallest absolute Gasteiger partial charge is 0.344 e. The Kier molecular flexibility index (Phi) is 2.61. The average molecular weight is 316 g/mol. The first-order valence-electron chi connectivity index (χ1n) is 7.66. The third-order valence-corrected chi connectivity index (χ3v) is 4.48. The fourth-order valence-electron chi connectivity index (χ4n) is 3.42. The molecule has 0 spiro atoms. The lowest BCUT2D eigenvalue weighted by atomic mass is 9.93. The Morgan fingerprint density at radius 1 is 0.875 bits per heavy atom. The Bertz CT molecular complexity index is 1170. The number of para-hydroxylation sites is 1. The maximum atomic E-state index is 12.6. The zero-order chi connectivity index (χ0) is 16.3. The number of benzene rings is 3. The van der Waals surface area contributed by atoms with Crippen molar-refractivity contribution in [3.8, 4) is 16.9 Å². The summed E-state index contributed by atoms with van der Waals surface area (Å²) in [7, 11) is 0. The van der Waals surface area contributed by atoms with Crippen LogP contribution in [0.3, 0.4) is 0 Å². The summed E-state index contributed by atoms with van der Waals surface area (Å²) in [6, 6.07) is 18.6. The maximum absolute atomic E-state index is 12.6. The third-order valence-electron chi connectivity index (χ3n) is 4.48. The van der Waals surface area contributed by atoms with E-state index in [0.717, 1.165) is 10.8 Å². The quantitative estimate of drug-likeness (QED) is 0.498. The monoisotopic (exact) mass is 316 g/mol. The second-order valence-corrected chi connectivity index (χ2v) is 5.81. The van der Waals surface area contributed by atoms with Gasteiger partial charge < -0.3 is 14.3 Å². The number of ether oxygens (including phenoxy) is 1. The molecule has 4 nitrogen and oxygen atoms in total. The van der Waals surface area contributed by atoms with Crippen LogP contribution in [0.4, 0.5) is 0 Å². The standard InChI is InChI=1S/C20H12O4/c21-19-17-14-10-9-11-5-1-2-6-12(11)18(14)24-20(22)16(17)13-7-3-4-8-15(13)23-19/h1-10,20,22H/t20-/m1/s1. The number of aliphatic hydroxyl groups is 1. The zero-order valence-corrected chi connectivity index (χ0v) is 12.5. The molecule has 0 radical (unpaired) electrons. The van der Waals surface area contributed by atoms with Crippen LogP contribution >= 0.6 is 0 Å². The molecule has 4 aromatic rings. The van der Waals surface area contributed by atoms with Crippen LogP contribution in [0.2, 0.25) is 0 Å². The molecule has 0 amide bonds. The van der Waals surface area contributed by atoms with Crippen LogP contribution in [0.5, 0.6) is 5.75 Å². The molecule has 5 rings (SSSR count). The van der Waals surface area contributed by atoms with E-state index < -0.39 is 11.9 Å². The van der Waals surface area contributed by atoms with Crippen molar-refractivity contribution in [2.75, 3.05) is 0 Å². The van der Waals surface area contributed by atoms with E-state index in [1.54, 1.807) is 12.1 Å². The molecule has 1 aromatic heterocycles. The minimum absolute atomic E-state index is 0.369. The first-order valence-corrected chi connectivity index (χ1v) is 7.66. The van der Waals surface area contributed by atoms with Crippen molar-refractivity contribution >= 4 is 21.7 Å². The Morgan fingerprint density at radius 2 is 1.62 bits per heavy atom. The van der Waals surface area contributed by atoms with Crippen molar-refractivity contribution in [1.29, 1.82) is 0 Å². The Hall–Kier alpha value is -3.11. The lowest BCUT2D eigenvalue weighted by Crippen LogP contribution is -2.20. The van der Waals surface area contributed by atoms with Crippen LogP contribution in [-0.4, -0.2) is 5.11 Å². The molecular formula is C20H12O4. The van der Waals surface area contributed by atoms with E-state index in [2.05, 4.69) is 0 Å². The number of hydrogen-bond acceptors (Lipinski definition) is 4. The van der Waals surface area contributed by atoms with E-state index in [-0.39, 0.29) is 0 Å². The molecule has 3 aromatic carbocycles. The molecule has 1 aliphatic heterocycles. The summed E-state index contributed by atoms with van der Waals surface area (Å²) in [5.74, 6) is 0.510. The summed E-state index contributed by atoms with van der Waals surface area (Å²) in [6.45, 7) is 0. The van der Waals surface area contributed by atoms with Crippen molar-refractivity contribution in [2.45, 2.75) is 6.29 Å². The summed E-state index contributed by atoms with van der Waals surface area (Å²) in [6.07, 6.45) is -1.22. The Balaban J connectivity index is 1.96. The van der Waals surface area contributed by atoms with Gasteiger partial charge in [-0.1, -0.05) is 48.5 Å². The number of rotatable bonds is 0. The second-order valence-electron chi connectivity index (χ2n) is 5.81. The summed E-state index contributed by atoms with van der Waals surface area (Å²) in [5, 5.41) is 13.1. The van der Waals surface area contributed by atoms with Crippen LogP contribution in [0.25, 0.3) is 32.9 Å². The fraction of sp³-hybridized carbons (Fsp3) is 0.0500. The summed E-state index contributed by atoms with van der Waals surface area (Å²) < 4.78 is 11.3. The molecule has 2 heterocycles. The van der Waals surface area contributed by atoms with Crippen molar-refractivity contribution in [1.82, 2.24) is 0 Å². The highest BCUT2D eigenvalue weighted by atomic mass is 16.6. The van der Waals surface area contributed by atoms with Crippen LogP contribution in [-0.2, 0) is 0 Å². The molecular weight excluding hydrogens is 304 g/mol. The molecule has 1 N–H and O–H groups in total. The second kappa shape index (κ2) is 4.69. The zero-order valence-electron chi connectivity index (χ0n) is 12.5. The van der Waals surface area contributed by atoms with E-state index in [9.17, 15) is 9.90 Å². The van der Waals surface area contributed by atoms with Crippen LogP contribution in [0, 0.1) is 0 Å². The molecule has 0 aliphatic carbocycles. The Morgan fingerprint density at radius 3 is 2.50 bits per heavy atom. The van der Waals surface area contributed by atoms with Gasteiger partial charge in [0.15, 0.2) is 0 Å². The van der Waals surface area contributed by atoms with Crippen molar-refractivity contribution in [3.63, 3.8) is 0 Å². The van der Waals surface area contributed by atoms with Gasteiger partial charge in [-0.25, -0.2) is 4.79 Å². The van der Waals surface area contributed by atoms with Gasteiger partial charge in [-0.15, -0.1) is 0 Å². The van der Waals surface area contributed by atoms with Crippen LogP contribution < -0.4 is 10.4 Å². The molecule has 1 aliphatic rings. The summed E-state index contributed by atoms with van der Waals surface area (Å²) >= 11 is 0. The van der Waals surface area contributed by atoms with E-state index in [4.69, 9.17) is 9.15 Å². The molecule has 4 heteroatoms. The van der Waals surface area contributed by atoms with E-state index in [1.165, 1.54) is 0 Å². The highest BCUT2D eigenvalue weighted by molar-refractivity contribution is 5.98. The molecule has 0 unspecified atom stereocenters. The molecule has 0 saturated carbocycles. The lowest BCUT2D eigenvalue weighted by Gasteiger charge is -2.26. The normalized spacial score (nSPS) is 15.8. The summed E-state index contributed by atoms with van der Waals surface area (Å²) in [5.41, 5.74) is 1.45. The van der Waals surface area contributed by atoms with Gasteiger partial charge in [-0.3, -0.25) is 0 Å². The van der Waals surface area contributed by atoms with Gasteiger partial charge in [0.2, 0.25) is 6.29 Å². The maximum Gasteiger partial charge on any atom is 0.344 e. The van der Waals surface area contributed by atoms with Crippen molar-refractivity contribution in [2.24, 2.45) is 0 Å². The van der Waals surface area contributed by atoms with Gasteiger partial charge in [0, 0.05) is 21.9 Å². The first-order chi connectivity index (χ1) is 11.7. The molecule has 0 bridgehead atoms. The van der Waals surface area contributed by atoms with Crippen LogP contribution in [0.15, 0.2) is 69.9 Å². The highest BCUT2D eigenvalue weighted by Crippen LogP contribution is 2.45. The molecule has 0 fully saturated rings. The lowest BCUT2D eigenvalue weighted by molar-refractivity contribution is -0.0193. The number of fused-ring (bicyclic) bond motifs is 7. The third kappa shape index (κ3) is 1.69. The van der Waals surface area contributed by atoms with E-state index in [0.29, 0.717) is 33.4 Å². The number of aliphatic hydroxyl groups excluding tert-OH is 1. The van der Waals surface area contributed by atoms with Crippen molar-refractivity contribution < 1.29 is 14.3 Å². The minimum atomic E-state index is -1.22. The fourth-order valence-corrected chi connectivity index (χ4v) is 3.42. The predicted octanol–water partition coefficient (Wildman–Crippen LogP) is 4.00. The van der Waals surface area contributed by atoms with Gasteiger partial charge in [0.05, 0.1) is 5.56 Å².